The molecule has 2 N–H and O–H groups in total. The second-order valence-corrected chi connectivity index (χ2v) is 3.56. The fourth-order valence-electron chi connectivity index (χ4n) is 2.10. The highest BCUT2D eigenvalue weighted by Gasteiger charge is 2.11. The minimum Gasteiger partial charge on any atom is -0.385 e. The van der Waals surface area contributed by atoms with Crippen LogP contribution in [0.4, 0.5) is 5.69 Å². The van der Waals surface area contributed by atoms with E-state index in [2.05, 4.69) is 28.5 Å². The molecule has 0 unspecified atom stereocenters. The quantitative estimate of drug-likeness (QED) is 0.628. The Morgan fingerprint density at radius 1 is 1.15 bits per heavy atom. The second kappa shape index (κ2) is 2.52. The van der Waals surface area contributed by atoms with Crippen molar-refractivity contribution in [3.63, 3.8) is 0 Å². The van der Waals surface area contributed by atoms with Crippen LogP contribution in [0.1, 0.15) is 12.0 Å². The number of rotatable bonds is 0. The van der Waals surface area contributed by atoms with Crippen molar-refractivity contribution in [2.45, 2.75) is 12.8 Å². The molecule has 0 amide bonds. The minimum absolute atomic E-state index is 1.11. The van der Waals surface area contributed by atoms with Crippen LogP contribution in [0.15, 0.2) is 24.4 Å². The molecule has 0 atom stereocenters. The molecule has 3 rings (SSSR count). The van der Waals surface area contributed by atoms with E-state index in [1.165, 1.54) is 35.0 Å². The number of H-pyrrole nitrogens is 1. The van der Waals surface area contributed by atoms with Gasteiger partial charge >= 0.3 is 0 Å². The summed E-state index contributed by atoms with van der Waals surface area (Å²) in [5, 5.41) is 4.75. The first kappa shape index (κ1) is 7.01. The summed E-state index contributed by atoms with van der Waals surface area (Å²) in [5.41, 5.74) is 4.07. The third-order valence-electron chi connectivity index (χ3n) is 2.75. The van der Waals surface area contributed by atoms with Gasteiger partial charge in [-0.15, -0.1) is 0 Å². The standard InChI is InChI=1S/C11H12N2/c1-2-9-10(12-6-1)4-3-8-5-7-13-11(8)9/h3-5,7,12-13H,1-2,6H2. The molecule has 1 aromatic heterocycles. The third kappa shape index (κ3) is 0.949. The first-order valence-corrected chi connectivity index (χ1v) is 4.78. The van der Waals surface area contributed by atoms with E-state index >= 15 is 0 Å². The molecule has 0 saturated heterocycles. The third-order valence-corrected chi connectivity index (χ3v) is 2.75. The first-order valence-electron chi connectivity index (χ1n) is 4.78. The largest absolute Gasteiger partial charge is 0.385 e. The molecule has 2 aromatic rings. The van der Waals surface area contributed by atoms with Crippen LogP contribution in [-0.4, -0.2) is 11.5 Å². The van der Waals surface area contributed by atoms with Crippen LogP contribution in [0.25, 0.3) is 10.9 Å². The van der Waals surface area contributed by atoms with Gasteiger partial charge in [0.2, 0.25) is 0 Å². The summed E-state index contributed by atoms with van der Waals surface area (Å²) in [6.07, 6.45) is 4.45. The number of aromatic amines is 1. The lowest BCUT2D eigenvalue weighted by atomic mass is 10.0. The number of aromatic nitrogens is 1. The lowest BCUT2D eigenvalue weighted by Gasteiger charge is -2.18. The predicted octanol–water partition coefficient (Wildman–Crippen LogP) is 2.53. The van der Waals surface area contributed by atoms with E-state index in [-0.39, 0.29) is 0 Å². The Balaban J connectivity index is 2.34. The molecule has 0 spiro atoms. The van der Waals surface area contributed by atoms with Crippen molar-refractivity contribution in [1.29, 1.82) is 0 Å². The van der Waals surface area contributed by atoms with Gasteiger partial charge in [0.1, 0.15) is 0 Å². The summed E-state index contributed by atoms with van der Waals surface area (Å²) in [4.78, 5) is 3.31. The van der Waals surface area contributed by atoms with Gasteiger partial charge in [-0.1, -0.05) is 6.07 Å². The SMILES string of the molecule is c1cc2ccc3c(c2[nH]1)CCCN3. The van der Waals surface area contributed by atoms with E-state index in [4.69, 9.17) is 0 Å². The van der Waals surface area contributed by atoms with E-state index in [9.17, 15) is 0 Å². The number of fused-ring (bicyclic) bond motifs is 3. The van der Waals surface area contributed by atoms with Crippen LogP contribution < -0.4 is 5.32 Å². The van der Waals surface area contributed by atoms with E-state index in [0.29, 0.717) is 0 Å². The summed E-state index contributed by atoms with van der Waals surface area (Å²) in [5.74, 6) is 0. The van der Waals surface area contributed by atoms with Crippen LogP contribution in [0.3, 0.4) is 0 Å². The average molecular weight is 172 g/mol. The normalized spacial score (nSPS) is 15.4. The maximum Gasteiger partial charge on any atom is 0.0507 e. The molecule has 66 valence electrons. The number of benzene rings is 1. The van der Waals surface area contributed by atoms with Crippen molar-refractivity contribution in [2.24, 2.45) is 0 Å². The maximum absolute atomic E-state index is 3.42. The highest BCUT2D eigenvalue weighted by Crippen LogP contribution is 2.28. The van der Waals surface area contributed by atoms with Crippen LogP contribution in [0.5, 0.6) is 0 Å². The zero-order valence-electron chi connectivity index (χ0n) is 7.43. The van der Waals surface area contributed by atoms with Crippen molar-refractivity contribution in [3.8, 4) is 0 Å². The van der Waals surface area contributed by atoms with E-state index in [0.717, 1.165) is 6.54 Å². The first-order chi connectivity index (χ1) is 6.45. The molecule has 2 heteroatoms. The molecule has 1 aliphatic rings. The van der Waals surface area contributed by atoms with Crippen molar-refractivity contribution in [1.82, 2.24) is 4.98 Å². The van der Waals surface area contributed by atoms with Crippen LogP contribution in [0, 0.1) is 0 Å². The number of aryl methyl sites for hydroxylation is 1. The fourth-order valence-corrected chi connectivity index (χ4v) is 2.10. The zero-order valence-corrected chi connectivity index (χ0v) is 7.43. The van der Waals surface area contributed by atoms with Gasteiger partial charge in [0.05, 0.1) is 5.52 Å². The Labute approximate surface area is 77.0 Å². The maximum atomic E-state index is 3.42. The molecule has 0 aliphatic carbocycles. The molecule has 0 saturated carbocycles. The summed E-state index contributed by atoms with van der Waals surface area (Å²) < 4.78 is 0. The average Bonchev–Trinajstić information content (AvgIpc) is 2.65. The highest BCUT2D eigenvalue weighted by molar-refractivity contribution is 5.87. The van der Waals surface area contributed by atoms with Crippen LogP contribution >= 0.6 is 0 Å². The molecule has 1 aliphatic heterocycles. The molecule has 13 heavy (non-hydrogen) atoms. The number of nitrogens with one attached hydrogen (secondary N) is 2. The van der Waals surface area contributed by atoms with Gasteiger partial charge in [0.15, 0.2) is 0 Å². The fraction of sp³-hybridized carbons (Fsp3) is 0.273. The van der Waals surface area contributed by atoms with E-state index in [1.807, 2.05) is 6.20 Å². The predicted molar refractivity (Wildman–Crippen MR) is 55.1 cm³/mol. The smallest absolute Gasteiger partial charge is 0.0507 e. The van der Waals surface area contributed by atoms with E-state index in [1.54, 1.807) is 0 Å². The van der Waals surface area contributed by atoms with Gasteiger partial charge in [-0.3, -0.25) is 0 Å². The topological polar surface area (TPSA) is 27.8 Å². The van der Waals surface area contributed by atoms with Crippen LogP contribution in [-0.2, 0) is 6.42 Å². The highest BCUT2D eigenvalue weighted by atomic mass is 14.9. The molecule has 2 nitrogen and oxygen atoms in total. The number of hydrogen-bond donors (Lipinski definition) is 2. The Hall–Kier alpha value is -1.44. The molecule has 1 aromatic carbocycles. The minimum atomic E-state index is 1.11. The van der Waals surface area contributed by atoms with Gasteiger partial charge < -0.3 is 10.3 Å². The monoisotopic (exact) mass is 172 g/mol. The van der Waals surface area contributed by atoms with Gasteiger partial charge in [-0.05, 0) is 35.9 Å². The van der Waals surface area contributed by atoms with Gasteiger partial charge in [0.25, 0.3) is 0 Å². The van der Waals surface area contributed by atoms with Crippen molar-refractivity contribution in [2.75, 3.05) is 11.9 Å². The van der Waals surface area contributed by atoms with Crippen LogP contribution in [0.2, 0.25) is 0 Å². The summed E-state index contributed by atoms with van der Waals surface area (Å²) >= 11 is 0. The molecule has 0 radical (unpaired) electrons. The molecule has 2 heterocycles. The van der Waals surface area contributed by atoms with Crippen molar-refractivity contribution < 1.29 is 0 Å². The molecular weight excluding hydrogens is 160 g/mol. The van der Waals surface area contributed by atoms with Gasteiger partial charge in [0, 0.05) is 18.4 Å². The van der Waals surface area contributed by atoms with E-state index < -0.39 is 0 Å². The summed E-state index contributed by atoms with van der Waals surface area (Å²) in [7, 11) is 0. The molecule has 0 bridgehead atoms. The Bertz CT molecular complexity index is 442. The Morgan fingerprint density at radius 3 is 3.15 bits per heavy atom. The number of hydrogen-bond acceptors (Lipinski definition) is 1. The van der Waals surface area contributed by atoms with Gasteiger partial charge in [-0.2, -0.15) is 0 Å². The Morgan fingerprint density at radius 2 is 2.15 bits per heavy atom. The van der Waals surface area contributed by atoms with Gasteiger partial charge in [-0.25, -0.2) is 0 Å². The molecule has 0 fully saturated rings. The second-order valence-electron chi connectivity index (χ2n) is 3.56. The Kier molecular flexibility index (Phi) is 1.36. The summed E-state index contributed by atoms with van der Waals surface area (Å²) in [6, 6.07) is 6.48. The zero-order chi connectivity index (χ0) is 8.67. The lowest BCUT2D eigenvalue weighted by Crippen LogP contribution is -2.11. The summed E-state index contributed by atoms with van der Waals surface area (Å²) in [6.45, 7) is 1.11. The lowest BCUT2D eigenvalue weighted by molar-refractivity contribution is 0.835. The van der Waals surface area contributed by atoms with Crippen molar-refractivity contribution >= 4 is 16.6 Å². The number of anilines is 1. The molecular formula is C11H12N2. The van der Waals surface area contributed by atoms with Crippen molar-refractivity contribution in [3.05, 3.63) is 30.0 Å².